The second-order valence-corrected chi connectivity index (χ2v) is 9.02. The standard InChI is InChI=1S/C26H24N2O7S/c1-4-12-35-18-10-8-15(9-11-18)21(30)19-20(16-6-5-7-17(29)13-16)28(24(32)22(19)31)26-27-14(2)23(36-26)25(33)34-3/h5-11,13,20,29-30H,4,12H2,1-3H3. The number of ketones is 1. The van der Waals surface area contributed by atoms with Crippen LogP contribution in [0.1, 0.15) is 45.9 Å². The Bertz CT molecular complexity index is 1360. The quantitative estimate of drug-likeness (QED) is 0.209. The molecule has 1 aliphatic heterocycles. The van der Waals surface area contributed by atoms with Crippen molar-refractivity contribution in [1.82, 2.24) is 4.98 Å². The van der Waals surface area contributed by atoms with Crippen LogP contribution >= 0.6 is 11.3 Å². The first-order valence-corrected chi connectivity index (χ1v) is 12.0. The maximum absolute atomic E-state index is 13.3. The number of methoxy groups -OCH3 is 1. The van der Waals surface area contributed by atoms with Crippen LogP contribution in [0.2, 0.25) is 0 Å². The Morgan fingerprint density at radius 2 is 1.89 bits per heavy atom. The van der Waals surface area contributed by atoms with Gasteiger partial charge < -0.3 is 19.7 Å². The normalized spacial score (nSPS) is 16.9. The number of nitrogens with zero attached hydrogens (tertiary/aromatic N) is 2. The van der Waals surface area contributed by atoms with Crippen molar-refractivity contribution in [3.63, 3.8) is 0 Å². The van der Waals surface area contributed by atoms with Gasteiger partial charge in [-0.05, 0) is 55.3 Å². The van der Waals surface area contributed by atoms with E-state index in [1.54, 1.807) is 43.3 Å². The van der Waals surface area contributed by atoms with Crippen molar-refractivity contribution in [2.24, 2.45) is 0 Å². The second-order valence-electron chi connectivity index (χ2n) is 8.04. The average molecular weight is 509 g/mol. The molecule has 1 aliphatic rings. The van der Waals surface area contributed by atoms with Crippen LogP contribution in [-0.2, 0) is 14.3 Å². The summed E-state index contributed by atoms with van der Waals surface area (Å²) in [6.45, 7) is 4.11. The lowest BCUT2D eigenvalue weighted by Gasteiger charge is -2.23. The molecule has 1 saturated heterocycles. The molecule has 1 amide bonds. The first-order chi connectivity index (χ1) is 17.3. The van der Waals surface area contributed by atoms with Gasteiger partial charge in [0, 0.05) is 5.56 Å². The molecular formula is C26H24N2O7S. The number of benzene rings is 2. The van der Waals surface area contributed by atoms with E-state index in [4.69, 9.17) is 9.47 Å². The number of phenolic OH excluding ortho intramolecular Hbond substituents is 1. The molecule has 1 atom stereocenters. The molecule has 1 fully saturated rings. The van der Waals surface area contributed by atoms with Gasteiger partial charge in [-0.15, -0.1) is 0 Å². The summed E-state index contributed by atoms with van der Waals surface area (Å²) in [6.07, 6.45) is 0.836. The van der Waals surface area contributed by atoms with E-state index < -0.39 is 23.7 Å². The van der Waals surface area contributed by atoms with Crippen molar-refractivity contribution in [2.75, 3.05) is 18.6 Å². The molecule has 0 radical (unpaired) electrons. The number of esters is 1. The minimum atomic E-state index is -1.09. The molecule has 2 heterocycles. The van der Waals surface area contributed by atoms with Gasteiger partial charge in [0.05, 0.1) is 31.0 Å². The van der Waals surface area contributed by atoms with Gasteiger partial charge in [0.2, 0.25) is 0 Å². The molecule has 2 N–H and O–H groups in total. The Balaban J connectivity index is 1.86. The first-order valence-electron chi connectivity index (χ1n) is 11.2. The van der Waals surface area contributed by atoms with Gasteiger partial charge in [-0.2, -0.15) is 0 Å². The van der Waals surface area contributed by atoms with E-state index in [0.717, 1.165) is 22.7 Å². The molecule has 1 aromatic heterocycles. The highest BCUT2D eigenvalue weighted by Gasteiger charge is 2.48. The summed E-state index contributed by atoms with van der Waals surface area (Å²) in [5.41, 5.74) is 0.861. The van der Waals surface area contributed by atoms with Crippen molar-refractivity contribution < 1.29 is 34.1 Å². The Labute approximate surface area is 211 Å². The maximum atomic E-state index is 13.3. The highest BCUT2D eigenvalue weighted by molar-refractivity contribution is 7.17. The van der Waals surface area contributed by atoms with Gasteiger partial charge in [0.15, 0.2) is 5.13 Å². The molecule has 1 unspecified atom stereocenters. The number of hydrogen-bond acceptors (Lipinski definition) is 9. The number of amides is 1. The van der Waals surface area contributed by atoms with Gasteiger partial charge in [-0.1, -0.05) is 30.4 Å². The van der Waals surface area contributed by atoms with Gasteiger partial charge >= 0.3 is 11.9 Å². The molecule has 0 saturated carbocycles. The van der Waals surface area contributed by atoms with E-state index in [1.807, 2.05) is 6.92 Å². The highest BCUT2D eigenvalue weighted by atomic mass is 32.1. The van der Waals surface area contributed by atoms with E-state index in [0.29, 0.717) is 29.2 Å². The fraction of sp³-hybridized carbons (Fsp3) is 0.231. The Morgan fingerprint density at radius 3 is 2.53 bits per heavy atom. The van der Waals surface area contributed by atoms with Crippen molar-refractivity contribution in [2.45, 2.75) is 26.3 Å². The summed E-state index contributed by atoms with van der Waals surface area (Å²) in [6, 6.07) is 11.5. The van der Waals surface area contributed by atoms with Crippen molar-refractivity contribution >= 4 is 39.9 Å². The third-order valence-electron chi connectivity index (χ3n) is 5.59. The van der Waals surface area contributed by atoms with Crippen LogP contribution in [0.25, 0.3) is 5.76 Å². The van der Waals surface area contributed by atoms with Gasteiger partial charge in [0.1, 0.15) is 22.1 Å². The van der Waals surface area contributed by atoms with E-state index in [-0.39, 0.29) is 27.1 Å². The van der Waals surface area contributed by atoms with Crippen molar-refractivity contribution in [3.05, 3.63) is 75.8 Å². The van der Waals surface area contributed by atoms with Crippen molar-refractivity contribution in [3.8, 4) is 11.5 Å². The predicted octanol–water partition coefficient (Wildman–Crippen LogP) is 4.36. The van der Waals surface area contributed by atoms with Crippen LogP contribution < -0.4 is 9.64 Å². The number of carbonyl (C=O) groups excluding carboxylic acids is 3. The zero-order valence-electron chi connectivity index (χ0n) is 19.8. The SMILES string of the molecule is CCCOc1ccc(C(O)=C2C(=O)C(=O)N(c3nc(C)c(C(=O)OC)s3)C2c2cccc(O)c2)cc1. The molecule has 10 heteroatoms. The number of Topliss-reactive ketones (excluding diaryl/α,β-unsaturated/α-hetero) is 1. The fourth-order valence-corrected chi connectivity index (χ4v) is 4.90. The molecule has 0 bridgehead atoms. The number of anilines is 1. The fourth-order valence-electron chi connectivity index (χ4n) is 3.89. The van der Waals surface area contributed by atoms with Crippen molar-refractivity contribution in [1.29, 1.82) is 0 Å². The van der Waals surface area contributed by atoms with E-state index in [9.17, 15) is 24.6 Å². The number of aromatic nitrogens is 1. The second kappa shape index (κ2) is 10.2. The molecule has 0 spiro atoms. The number of rotatable bonds is 7. The summed E-state index contributed by atoms with van der Waals surface area (Å²) in [4.78, 5) is 44.3. The lowest BCUT2D eigenvalue weighted by Crippen LogP contribution is -2.29. The molecule has 0 aliphatic carbocycles. The number of carbonyl (C=O) groups is 3. The summed E-state index contributed by atoms with van der Waals surface area (Å²) < 4.78 is 10.4. The number of hydrogen-bond donors (Lipinski definition) is 2. The summed E-state index contributed by atoms with van der Waals surface area (Å²) in [7, 11) is 1.23. The zero-order valence-corrected chi connectivity index (χ0v) is 20.7. The summed E-state index contributed by atoms with van der Waals surface area (Å²) in [5, 5.41) is 21.4. The number of aliphatic hydroxyl groups excluding tert-OH is 1. The molecule has 2 aromatic carbocycles. The molecule has 3 aromatic rings. The van der Waals surface area contributed by atoms with Crippen LogP contribution in [-0.4, -0.2) is 46.6 Å². The molecule has 36 heavy (non-hydrogen) atoms. The van der Waals surface area contributed by atoms with Gasteiger partial charge in [-0.3, -0.25) is 14.5 Å². The van der Waals surface area contributed by atoms with E-state index in [2.05, 4.69) is 4.98 Å². The monoisotopic (exact) mass is 508 g/mol. The first kappa shape index (κ1) is 24.9. The lowest BCUT2D eigenvalue weighted by atomic mass is 9.95. The highest BCUT2D eigenvalue weighted by Crippen LogP contribution is 2.44. The minimum absolute atomic E-state index is 0.0823. The maximum Gasteiger partial charge on any atom is 0.350 e. The Kier molecular flexibility index (Phi) is 7.07. The summed E-state index contributed by atoms with van der Waals surface area (Å²) >= 11 is 0.901. The van der Waals surface area contributed by atoms with E-state index in [1.165, 1.54) is 19.2 Å². The molecular weight excluding hydrogens is 484 g/mol. The van der Waals surface area contributed by atoms with Gasteiger partial charge in [0.25, 0.3) is 5.78 Å². The lowest BCUT2D eigenvalue weighted by molar-refractivity contribution is -0.132. The van der Waals surface area contributed by atoms with Crippen LogP contribution in [0, 0.1) is 6.92 Å². The third kappa shape index (κ3) is 4.55. The third-order valence-corrected chi connectivity index (χ3v) is 6.73. The van der Waals surface area contributed by atoms with Crippen LogP contribution in [0.4, 0.5) is 5.13 Å². The number of ether oxygens (including phenoxy) is 2. The Morgan fingerprint density at radius 1 is 1.17 bits per heavy atom. The smallest absolute Gasteiger partial charge is 0.350 e. The number of phenols is 1. The number of aliphatic hydroxyl groups is 1. The van der Waals surface area contributed by atoms with Crippen LogP contribution in [0.5, 0.6) is 11.5 Å². The number of aryl methyl sites for hydroxylation is 1. The largest absolute Gasteiger partial charge is 0.508 e. The van der Waals surface area contributed by atoms with Crippen LogP contribution in [0.15, 0.2) is 54.1 Å². The molecule has 186 valence electrons. The topological polar surface area (TPSA) is 126 Å². The number of aromatic hydroxyl groups is 1. The molecule has 9 nitrogen and oxygen atoms in total. The Hall–Kier alpha value is -4.18. The zero-order chi connectivity index (χ0) is 26.0. The van der Waals surface area contributed by atoms with Gasteiger partial charge in [-0.25, -0.2) is 9.78 Å². The number of thiazole rings is 1. The van der Waals surface area contributed by atoms with E-state index >= 15 is 0 Å². The summed E-state index contributed by atoms with van der Waals surface area (Å²) in [5.74, 6) is -2.31. The van der Waals surface area contributed by atoms with Crippen LogP contribution in [0.3, 0.4) is 0 Å². The minimum Gasteiger partial charge on any atom is -0.508 e. The average Bonchev–Trinajstić information content (AvgIpc) is 3.38. The predicted molar refractivity (Wildman–Crippen MR) is 133 cm³/mol. The molecule has 4 rings (SSSR count).